The summed E-state index contributed by atoms with van der Waals surface area (Å²) in [5, 5.41) is 13.0. The summed E-state index contributed by atoms with van der Waals surface area (Å²) >= 11 is 0. The van der Waals surface area contributed by atoms with Crippen molar-refractivity contribution in [3.63, 3.8) is 0 Å². The van der Waals surface area contributed by atoms with Gasteiger partial charge < -0.3 is 15.2 Å². The molecule has 0 aliphatic heterocycles. The van der Waals surface area contributed by atoms with Crippen LogP contribution in [0.5, 0.6) is 5.75 Å². The van der Waals surface area contributed by atoms with E-state index in [0.29, 0.717) is 25.2 Å². The molecule has 3 nitrogen and oxygen atoms in total. The second kappa shape index (κ2) is 7.51. The number of hydrogen-bond acceptors (Lipinski definition) is 3. The zero-order chi connectivity index (χ0) is 13.5. The zero-order valence-electron chi connectivity index (χ0n) is 11.8. The van der Waals surface area contributed by atoms with Gasteiger partial charge in [-0.15, -0.1) is 0 Å². The predicted octanol–water partition coefficient (Wildman–Crippen LogP) is 2.73. The van der Waals surface area contributed by atoms with Crippen molar-refractivity contribution in [1.29, 1.82) is 0 Å². The van der Waals surface area contributed by atoms with E-state index in [0.717, 1.165) is 18.7 Å². The monoisotopic (exact) mass is 263 g/mol. The number of aliphatic hydroxyl groups excluding tert-OH is 1. The smallest absolute Gasteiger partial charge is 0.119 e. The first kappa shape index (κ1) is 14.4. The van der Waals surface area contributed by atoms with Crippen molar-refractivity contribution < 1.29 is 9.84 Å². The maximum atomic E-state index is 9.40. The average Bonchev–Trinajstić information content (AvgIpc) is 2.47. The first-order chi connectivity index (χ1) is 9.33. The van der Waals surface area contributed by atoms with E-state index < -0.39 is 0 Å². The Balaban J connectivity index is 1.83. The fraction of sp³-hybridized carbons (Fsp3) is 0.625. The summed E-state index contributed by atoms with van der Waals surface area (Å²) in [5.74, 6) is 1.36. The van der Waals surface area contributed by atoms with E-state index in [2.05, 4.69) is 17.4 Å². The number of hydrogen-bond donors (Lipinski definition) is 2. The van der Waals surface area contributed by atoms with Gasteiger partial charge in [0.05, 0.1) is 6.61 Å². The molecule has 0 saturated heterocycles. The zero-order valence-corrected chi connectivity index (χ0v) is 11.8. The van der Waals surface area contributed by atoms with Crippen LogP contribution in [0.3, 0.4) is 0 Å². The molecule has 1 fully saturated rings. The fourth-order valence-corrected chi connectivity index (χ4v) is 2.81. The Morgan fingerprint density at radius 1 is 1.21 bits per heavy atom. The molecule has 19 heavy (non-hydrogen) atoms. The second-order valence-corrected chi connectivity index (χ2v) is 5.29. The van der Waals surface area contributed by atoms with Crippen LogP contribution < -0.4 is 10.1 Å². The van der Waals surface area contributed by atoms with E-state index in [9.17, 15) is 5.11 Å². The Kier molecular flexibility index (Phi) is 5.67. The van der Waals surface area contributed by atoms with Crippen molar-refractivity contribution in [1.82, 2.24) is 5.32 Å². The van der Waals surface area contributed by atoms with Crippen molar-refractivity contribution in [3.8, 4) is 5.75 Å². The van der Waals surface area contributed by atoms with Gasteiger partial charge in [0.1, 0.15) is 5.75 Å². The fourth-order valence-electron chi connectivity index (χ4n) is 2.81. The van der Waals surface area contributed by atoms with Crippen LogP contribution in [-0.4, -0.2) is 24.4 Å². The van der Waals surface area contributed by atoms with Gasteiger partial charge in [-0.1, -0.05) is 25.0 Å². The minimum absolute atomic E-state index is 0.306. The van der Waals surface area contributed by atoms with Gasteiger partial charge in [0.15, 0.2) is 0 Å². The minimum Gasteiger partial charge on any atom is -0.494 e. The molecular weight excluding hydrogens is 238 g/mol. The summed E-state index contributed by atoms with van der Waals surface area (Å²) in [7, 11) is 0. The first-order valence-electron chi connectivity index (χ1n) is 7.39. The Bertz CT molecular complexity index is 364. The molecule has 0 bridgehead atoms. The van der Waals surface area contributed by atoms with Gasteiger partial charge in [-0.2, -0.15) is 0 Å². The van der Waals surface area contributed by atoms with Crippen LogP contribution in [0.1, 0.15) is 38.2 Å². The van der Waals surface area contributed by atoms with Crippen LogP contribution in [0.4, 0.5) is 0 Å². The third-order valence-electron chi connectivity index (χ3n) is 3.95. The van der Waals surface area contributed by atoms with Gasteiger partial charge in [-0.25, -0.2) is 0 Å². The molecule has 2 unspecified atom stereocenters. The van der Waals surface area contributed by atoms with Crippen molar-refractivity contribution in [2.75, 3.05) is 13.2 Å². The molecule has 106 valence electrons. The molecule has 1 aromatic rings. The van der Waals surface area contributed by atoms with Gasteiger partial charge in [-0.3, -0.25) is 0 Å². The number of rotatable bonds is 6. The summed E-state index contributed by atoms with van der Waals surface area (Å²) in [6, 6.07) is 8.71. The Morgan fingerprint density at radius 3 is 2.63 bits per heavy atom. The maximum Gasteiger partial charge on any atom is 0.119 e. The minimum atomic E-state index is 0.306. The third kappa shape index (κ3) is 4.22. The molecule has 2 rings (SSSR count). The summed E-state index contributed by atoms with van der Waals surface area (Å²) in [6.07, 6.45) is 4.86. The van der Waals surface area contributed by atoms with E-state index >= 15 is 0 Å². The van der Waals surface area contributed by atoms with Crippen LogP contribution in [0.15, 0.2) is 24.3 Å². The number of ether oxygens (including phenoxy) is 1. The largest absolute Gasteiger partial charge is 0.494 e. The van der Waals surface area contributed by atoms with Crippen LogP contribution in [-0.2, 0) is 6.54 Å². The molecule has 2 atom stereocenters. The molecule has 2 N–H and O–H groups in total. The molecular formula is C16H25NO2. The summed E-state index contributed by atoms with van der Waals surface area (Å²) in [6.45, 7) is 3.87. The number of nitrogens with one attached hydrogen (secondary N) is 1. The second-order valence-electron chi connectivity index (χ2n) is 5.29. The Hall–Kier alpha value is -1.06. The van der Waals surface area contributed by atoms with Crippen molar-refractivity contribution >= 4 is 0 Å². The maximum absolute atomic E-state index is 9.40. The number of benzene rings is 1. The quantitative estimate of drug-likeness (QED) is 0.829. The molecule has 1 saturated carbocycles. The molecule has 0 spiro atoms. The van der Waals surface area contributed by atoms with Crippen LogP contribution in [0.2, 0.25) is 0 Å². The lowest BCUT2D eigenvalue weighted by Crippen LogP contribution is -2.39. The van der Waals surface area contributed by atoms with Gasteiger partial charge >= 0.3 is 0 Å². The molecule has 1 aromatic carbocycles. The van der Waals surface area contributed by atoms with Gasteiger partial charge in [0.2, 0.25) is 0 Å². The topological polar surface area (TPSA) is 41.5 Å². The van der Waals surface area contributed by atoms with Crippen molar-refractivity contribution in [2.45, 2.75) is 45.2 Å². The van der Waals surface area contributed by atoms with Gasteiger partial charge in [0, 0.05) is 19.2 Å². The SMILES string of the molecule is CCOc1ccc(CNC2CCCCC2CO)cc1. The molecule has 1 aliphatic rings. The normalized spacial score (nSPS) is 23.3. The molecule has 0 heterocycles. The molecule has 0 radical (unpaired) electrons. The lowest BCUT2D eigenvalue weighted by molar-refractivity contribution is 0.152. The van der Waals surface area contributed by atoms with Crippen molar-refractivity contribution in [2.24, 2.45) is 5.92 Å². The van der Waals surface area contributed by atoms with E-state index in [4.69, 9.17) is 4.74 Å². The highest BCUT2D eigenvalue weighted by atomic mass is 16.5. The molecule has 1 aliphatic carbocycles. The molecule has 0 amide bonds. The summed E-state index contributed by atoms with van der Waals surface area (Å²) < 4.78 is 5.44. The van der Waals surface area contributed by atoms with Gasteiger partial charge in [0.25, 0.3) is 0 Å². The summed E-state index contributed by atoms with van der Waals surface area (Å²) in [5.41, 5.74) is 1.27. The Labute approximate surface area is 116 Å². The first-order valence-corrected chi connectivity index (χ1v) is 7.39. The number of aliphatic hydroxyl groups is 1. The van der Waals surface area contributed by atoms with Crippen molar-refractivity contribution in [3.05, 3.63) is 29.8 Å². The highest BCUT2D eigenvalue weighted by Crippen LogP contribution is 2.24. The highest BCUT2D eigenvalue weighted by Gasteiger charge is 2.23. The lowest BCUT2D eigenvalue weighted by Gasteiger charge is -2.31. The third-order valence-corrected chi connectivity index (χ3v) is 3.95. The van der Waals surface area contributed by atoms with Crippen LogP contribution in [0.25, 0.3) is 0 Å². The van der Waals surface area contributed by atoms with E-state index in [1.807, 2.05) is 19.1 Å². The lowest BCUT2D eigenvalue weighted by atomic mass is 9.85. The van der Waals surface area contributed by atoms with Gasteiger partial charge in [-0.05, 0) is 43.4 Å². The summed E-state index contributed by atoms with van der Waals surface area (Å²) in [4.78, 5) is 0. The predicted molar refractivity (Wildman–Crippen MR) is 77.3 cm³/mol. The highest BCUT2D eigenvalue weighted by molar-refractivity contribution is 5.27. The molecule has 0 aromatic heterocycles. The average molecular weight is 263 g/mol. The van der Waals surface area contributed by atoms with Crippen LogP contribution in [0, 0.1) is 5.92 Å². The molecule has 3 heteroatoms. The van der Waals surface area contributed by atoms with E-state index in [1.165, 1.54) is 24.8 Å². The van der Waals surface area contributed by atoms with E-state index in [1.54, 1.807) is 0 Å². The Morgan fingerprint density at radius 2 is 1.95 bits per heavy atom. The van der Waals surface area contributed by atoms with E-state index in [-0.39, 0.29) is 0 Å². The standard InChI is InChI=1S/C16H25NO2/c1-2-19-15-9-7-13(8-10-15)11-17-16-6-4-3-5-14(16)12-18/h7-10,14,16-18H,2-6,11-12H2,1H3. The van der Waals surface area contributed by atoms with Crippen LogP contribution >= 0.6 is 0 Å².